The maximum Gasteiger partial charge on any atom is 0.338 e. The fraction of sp³-hybridized carbons (Fsp3) is 0.421. The Morgan fingerprint density at radius 2 is 1.93 bits per heavy atom. The second kappa shape index (κ2) is 10.3. The smallest absolute Gasteiger partial charge is 0.338 e. The number of halogens is 2. The molecule has 0 aliphatic heterocycles. The number of rotatable bonds is 9. The molecule has 1 aromatic carbocycles. The van der Waals surface area contributed by atoms with Crippen molar-refractivity contribution in [1.29, 1.82) is 0 Å². The lowest BCUT2D eigenvalue weighted by Gasteiger charge is -2.22. The number of carbonyl (C=O) groups is 1. The van der Waals surface area contributed by atoms with E-state index < -0.39 is 12.1 Å². The third kappa shape index (κ3) is 6.09. The number of aliphatic hydroxyl groups excluding tert-OH is 1. The van der Waals surface area contributed by atoms with Crippen molar-refractivity contribution in [2.45, 2.75) is 20.0 Å². The molecule has 2 rings (SSSR count). The molecule has 0 radical (unpaired) electrons. The zero-order valence-electron chi connectivity index (χ0n) is 15.5. The Bertz CT molecular complexity index is 777. The largest absolute Gasteiger partial charge is 0.491 e. The van der Waals surface area contributed by atoms with Crippen molar-refractivity contribution in [3.05, 3.63) is 38.5 Å². The summed E-state index contributed by atoms with van der Waals surface area (Å²) >= 11 is 13.5. The van der Waals surface area contributed by atoms with E-state index in [-0.39, 0.29) is 6.61 Å². The number of nitrogens with zero attached hydrogens (tertiary/aromatic N) is 1. The maximum absolute atomic E-state index is 12.0. The van der Waals surface area contributed by atoms with E-state index in [9.17, 15) is 9.90 Å². The maximum atomic E-state index is 12.0. The number of benzene rings is 1. The van der Waals surface area contributed by atoms with Crippen molar-refractivity contribution in [3.63, 3.8) is 0 Å². The molecule has 2 aromatic rings. The van der Waals surface area contributed by atoms with Gasteiger partial charge in [0.1, 0.15) is 22.8 Å². The minimum atomic E-state index is -0.644. The van der Waals surface area contributed by atoms with Gasteiger partial charge in [-0.2, -0.15) is 0 Å². The van der Waals surface area contributed by atoms with Gasteiger partial charge < -0.3 is 19.5 Å². The van der Waals surface area contributed by atoms with Gasteiger partial charge in [-0.05, 0) is 42.9 Å². The zero-order chi connectivity index (χ0) is 20.0. The highest BCUT2D eigenvalue weighted by atomic mass is 35.5. The average Bonchev–Trinajstić information content (AvgIpc) is 3.01. The highest BCUT2D eigenvalue weighted by Crippen LogP contribution is 2.39. The van der Waals surface area contributed by atoms with Gasteiger partial charge in [0.05, 0.1) is 17.0 Å². The van der Waals surface area contributed by atoms with E-state index in [4.69, 9.17) is 32.7 Å². The van der Waals surface area contributed by atoms with Crippen molar-refractivity contribution in [2.75, 3.05) is 33.4 Å². The first kappa shape index (κ1) is 22.0. The first-order valence-electron chi connectivity index (χ1n) is 8.59. The van der Waals surface area contributed by atoms with Gasteiger partial charge in [0.25, 0.3) is 0 Å². The van der Waals surface area contributed by atoms with Crippen LogP contribution in [0.3, 0.4) is 0 Å². The molecule has 0 fully saturated rings. The third-order valence-corrected chi connectivity index (χ3v) is 5.59. The summed E-state index contributed by atoms with van der Waals surface area (Å²) in [7, 11) is 1.32. The fourth-order valence-electron chi connectivity index (χ4n) is 2.64. The number of thiophene rings is 1. The van der Waals surface area contributed by atoms with Crippen LogP contribution in [0.2, 0.25) is 8.67 Å². The average molecular weight is 432 g/mol. The molecule has 1 atom stereocenters. The SMILES string of the molecule is CCN(CC)CC(O)COc1cc(C(=O)OC)cc(-c2cc(Cl)sc2Cl)c1. The molecule has 1 N–H and O–H groups in total. The van der Waals surface area contributed by atoms with Crippen LogP contribution in [-0.4, -0.2) is 55.4 Å². The monoisotopic (exact) mass is 431 g/mol. The number of aliphatic hydroxyl groups is 1. The van der Waals surface area contributed by atoms with Gasteiger partial charge in [0.15, 0.2) is 0 Å². The molecule has 0 bridgehead atoms. The van der Waals surface area contributed by atoms with E-state index >= 15 is 0 Å². The molecule has 0 spiro atoms. The summed E-state index contributed by atoms with van der Waals surface area (Å²) in [5.74, 6) is -0.0345. The highest BCUT2D eigenvalue weighted by molar-refractivity contribution is 7.20. The first-order valence-corrected chi connectivity index (χ1v) is 10.2. The first-order chi connectivity index (χ1) is 12.9. The number of carbonyl (C=O) groups excluding carboxylic acids is 1. The Morgan fingerprint density at radius 1 is 1.22 bits per heavy atom. The summed E-state index contributed by atoms with van der Waals surface area (Å²) in [4.78, 5) is 14.1. The van der Waals surface area contributed by atoms with E-state index in [0.717, 1.165) is 13.1 Å². The normalized spacial score (nSPS) is 12.3. The van der Waals surface area contributed by atoms with Crippen LogP contribution in [0.1, 0.15) is 24.2 Å². The number of ether oxygens (including phenoxy) is 2. The number of hydrogen-bond donors (Lipinski definition) is 1. The van der Waals surface area contributed by atoms with Crippen molar-refractivity contribution >= 4 is 40.5 Å². The Balaban J connectivity index is 2.23. The second-order valence-corrected chi connectivity index (χ2v) is 8.21. The minimum Gasteiger partial charge on any atom is -0.491 e. The number of esters is 1. The van der Waals surface area contributed by atoms with E-state index in [2.05, 4.69) is 4.90 Å². The molecule has 5 nitrogen and oxygen atoms in total. The summed E-state index contributed by atoms with van der Waals surface area (Å²) in [6.45, 7) is 6.42. The molecule has 0 aliphatic carbocycles. The molecule has 0 saturated heterocycles. The lowest BCUT2D eigenvalue weighted by molar-refractivity contribution is 0.0599. The number of likely N-dealkylation sites (N-methyl/N-ethyl adjacent to an activating group) is 1. The van der Waals surface area contributed by atoms with Crippen molar-refractivity contribution < 1.29 is 19.4 Å². The van der Waals surface area contributed by atoms with Crippen molar-refractivity contribution in [1.82, 2.24) is 4.90 Å². The van der Waals surface area contributed by atoms with Crippen LogP contribution < -0.4 is 4.74 Å². The van der Waals surface area contributed by atoms with Gasteiger partial charge in [-0.15, -0.1) is 11.3 Å². The van der Waals surface area contributed by atoms with E-state index in [0.29, 0.717) is 37.7 Å². The van der Waals surface area contributed by atoms with E-state index in [1.165, 1.54) is 18.4 Å². The van der Waals surface area contributed by atoms with Gasteiger partial charge in [0.2, 0.25) is 0 Å². The Kier molecular flexibility index (Phi) is 8.38. The van der Waals surface area contributed by atoms with Crippen LogP contribution in [0, 0.1) is 0 Å². The predicted octanol–water partition coefficient (Wildman–Crippen LogP) is 4.59. The van der Waals surface area contributed by atoms with Gasteiger partial charge in [-0.25, -0.2) is 4.79 Å². The molecule has 0 aliphatic rings. The van der Waals surface area contributed by atoms with Gasteiger partial charge in [-0.1, -0.05) is 37.0 Å². The Hall–Kier alpha value is -1.31. The van der Waals surface area contributed by atoms with Crippen LogP contribution in [0.5, 0.6) is 5.75 Å². The molecule has 148 valence electrons. The molecule has 1 unspecified atom stereocenters. The quantitative estimate of drug-likeness (QED) is 0.588. The summed E-state index contributed by atoms with van der Waals surface area (Å²) in [5, 5.41) is 10.2. The fourth-order valence-corrected chi connectivity index (χ4v) is 4.14. The number of methoxy groups -OCH3 is 1. The molecule has 1 aromatic heterocycles. The van der Waals surface area contributed by atoms with Crippen LogP contribution in [-0.2, 0) is 4.74 Å². The molecular formula is C19H23Cl2NO4S. The second-order valence-electron chi connectivity index (χ2n) is 5.93. The third-order valence-electron chi connectivity index (χ3n) is 4.10. The van der Waals surface area contributed by atoms with Crippen LogP contribution in [0.25, 0.3) is 11.1 Å². The lowest BCUT2D eigenvalue weighted by atomic mass is 10.1. The van der Waals surface area contributed by atoms with Crippen molar-refractivity contribution in [3.8, 4) is 16.9 Å². The van der Waals surface area contributed by atoms with E-state index in [1.54, 1.807) is 24.3 Å². The summed E-state index contributed by atoms with van der Waals surface area (Å²) in [6.07, 6.45) is -0.644. The molecule has 0 amide bonds. The number of hydrogen-bond acceptors (Lipinski definition) is 6. The van der Waals surface area contributed by atoms with Crippen LogP contribution in [0.4, 0.5) is 0 Å². The Labute approximate surface area is 173 Å². The summed E-state index contributed by atoms with van der Waals surface area (Å²) in [5.41, 5.74) is 1.74. The molecular weight excluding hydrogens is 409 g/mol. The topological polar surface area (TPSA) is 59.0 Å². The van der Waals surface area contributed by atoms with Gasteiger partial charge in [-0.3, -0.25) is 0 Å². The molecule has 27 heavy (non-hydrogen) atoms. The lowest BCUT2D eigenvalue weighted by Crippen LogP contribution is -2.35. The molecule has 8 heteroatoms. The molecule has 1 heterocycles. The zero-order valence-corrected chi connectivity index (χ0v) is 17.8. The molecule has 0 saturated carbocycles. The van der Waals surface area contributed by atoms with Gasteiger partial charge >= 0.3 is 5.97 Å². The predicted molar refractivity (Wildman–Crippen MR) is 110 cm³/mol. The standard InChI is InChI=1S/C19H23Cl2NO4S/c1-4-22(5-2)10-14(23)11-26-15-7-12(6-13(8-15)19(24)25-3)16-9-17(20)27-18(16)21/h6-9,14,23H,4-5,10-11H2,1-3H3. The minimum absolute atomic E-state index is 0.110. The van der Waals surface area contributed by atoms with Crippen molar-refractivity contribution in [2.24, 2.45) is 0 Å². The highest BCUT2D eigenvalue weighted by Gasteiger charge is 2.16. The summed E-state index contributed by atoms with van der Waals surface area (Å²) in [6, 6.07) is 6.77. The van der Waals surface area contributed by atoms with Crippen LogP contribution in [0.15, 0.2) is 24.3 Å². The van der Waals surface area contributed by atoms with Crippen LogP contribution >= 0.6 is 34.5 Å². The Morgan fingerprint density at radius 3 is 2.48 bits per heavy atom. The van der Waals surface area contributed by atoms with Gasteiger partial charge in [0, 0.05) is 12.1 Å². The van der Waals surface area contributed by atoms with E-state index in [1.807, 2.05) is 13.8 Å². The summed E-state index contributed by atoms with van der Waals surface area (Å²) < 4.78 is 11.6.